The minimum Gasteiger partial charge on any atom is -0.462 e. The van der Waals surface area contributed by atoms with Gasteiger partial charge in [-0.05, 0) is 25.3 Å². The SMILES string of the molecule is CCOC(=O)c1cnn(Cc2ccc(C)cc2)c1C(C)C. The highest BCUT2D eigenvalue weighted by Crippen LogP contribution is 2.21. The third-order valence-corrected chi connectivity index (χ3v) is 3.38. The molecule has 1 aromatic heterocycles. The summed E-state index contributed by atoms with van der Waals surface area (Å²) in [7, 11) is 0. The van der Waals surface area contributed by atoms with Gasteiger partial charge >= 0.3 is 5.97 Å². The van der Waals surface area contributed by atoms with Gasteiger partial charge < -0.3 is 4.74 Å². The Balaban J connectivity index is 2.31. The molecule has 2 aromatic rings. The Bertz CT molecular complexity index is 612. The van der Waals surface area contributed by atoms with E-state index in [0.29, 0.717) is 18.7 Å². The largest absolute Gasteiger partial charge is 0.462 e. The molecule has 0 saturated carbocycles. The molecule has 112 valence electrons. The Morgan fingerprint density at radius 3 is 2.52 bits per heavy atom. The fourth-order valence-corrected chi connectivity index (χ4v) is 2.36. The van der Waals surface area contributed by atoms with E-state index in [2.05, 4.69) is 50.1 Å². The lowest BCUT2D eigenvalue weighted by Crippen LogP contribution is -2.12. The van der Waals surface area contributed by atoms with Crippen molar-refractivity contribution in [3.63, 3.8) is 0 Å². The van der Waals surface area contributed by atoms with Crippen LogP contribution in [0.4, 0.5) is 0 Å². The molecular weight excluding hydrogens is 264 g/mol. The highest BCUT2D eigenvalue weighted by molar-refractivity contribution is 5.90. The number of hydrogen-bond acceptors (Lipinski definition) is 3. The van der Waals surface area contributed by atoms with E-state index in [-0.39, 0.29) is 11.9 Å². The van der Waals surface area contributed by atoms with Crippen LogP contribution in [0.25, 0.3) is 0 Å². The van der Waals surface area contributed by atoms with Crippen molar-refractivity contribution in [1.82, 2.24) is 9.78 Å². The number of aryl methyl sites for hydroxylation is 1. The van der Waals surface area contributed by atoms with Gasteiger partial charge in [0.05, 0.1) is 25.0 Å². The first-order chi connectivity index (χ1) is 10.0. The van der Waals surface area contributed by atoms with E-state index in [4.69, 9.17) is 4.74 Å². The van der Waals surface area contributed by atoms with E-state index in [9.17, 15) is 4.79 Å². The molecule has 0 spiro atoms. The fourth-order valence-electron chi connectivity index (χ4n) is 2.36. The molecule has 4 nitrogen and oxygen atoms in total. The van der Waals surface area contributed by atoms with Gasteiger partial charge in [0.15, 0.2) is 0 Å². The van der Waals surface area contributed by atoms with E-state index >= 15 is 0 Å². The van der Waals surface area contributed by atoms with Crippen molar-refractivity contribution in [2.45, 2.75) is 40.2 Å². The van der Waals surface area contributed by atoms with Crippen LogP contribution in [-0.4, -0.2) is 22.4 Å². The second-order valence-electron chi connectivity index (χ2n) is 5.46. The third-order valence-electron chi connectivity index (χ3n) is 3.38. The van der Waals surface area contributed by atoms with Crippen LogP contribution in [0.5, 0.6) is 0 Å². The van der Waals surface area contributed by atoms with Gasteiger partial charge in [-0.15, -0.1) is 0 Å². The molecule has 0 radical (unpaired) electrons. The molecule has 1 aromatic carbocycles. The van der Waals surface area contributed by atoms with Crippen LogP contribution >= 0.6 is 0 Å². The minimum absolute atomic E-state index is 0.206. The van der Waals surface area contributed by atoms with Gasteiger partial charge in [-0.2, -0.15) is 5.10 Å². The van der Waals surface area contributed by atoms with Gasteiger partial charge in [0.2, 0.25) is 0 Å². The van der Waals surface area contributed by atoms with E-state index < -0.39 is 0 Å². The zero-order chi connectivity index (χ0) is 15.4. The number of nitrogens with zero attached hydrogens (tertiary/aromatic N) is 2. The van der Waals surface area contributed by atoms with E-state index in [1.165, 1.54) is 11.1 Å². The molecule has 0 fully saturated rings. The summed E-state index contributed by atoms with van der Waals surface area (Å²) in [6.07, 6.45) is 1.61. The highest BCUT2D eigenvalue weighted by Gasteiger charge is 2.20. The van der Waals surface area contributed by atoms with Crippen LogP contribution in [0.1, 0.15) is 53.9 Å². The van der Waals surface area contributed by atoms with Gasteiger partial charge in [-0.25, -0.2) is 4.79 Å². The summed E-state index contributed by atoms with van der Waals surface area (Å²) < 4.78 is 7.00. The fraction of sp³-hybridized carbons (Fsp3) is 0.412. The Morgan fingerprint density at radius 2 is 1.95 bits per heavy atom. The zero-order valence-corrected chi connectivity index (χ0v) is 13.1. The molecule has 0 saturated heterocycles. The number of aromatic nitrogens is 2. The third kappa shape index (κ3) is 3.51. The summed E-state index contributed by atoms with van der Waals surface area (Å²) in [5.74, 6) is -0.0892. The van der Waals surface area contributed by atoms with Crippen molar-refractivity contribution < 1.29 is 9.53 Å². The first-order valence-electron chi connectivity index (χ1n) is 7.31. The summed E-state index contributed by atoms with van der Waals surface area (Å²) in [4.78, 5) is 12.0. The molecule has 1 heterocycles. The lowest BCUT2D eigenvalue weighted by molar-refractivity contribution is 0.0524. The van der Waals surface area contributed by atoms with Crippen LogP contribution in [0.2, 0.25) is 0 Å². The predicted octanol–water partition coefficient (Wildman–Crippen LogP) is 3.54. The van der Waals surface area contributed by atoms with Gasteiger partial charge in [-0.3, -0.25) is 4.68 Å². The standard InChI is InChI=1S/C17H22N2O2/c1-5-21-17(20)15-10-18-19(16(15)12(2)3)11-14-8-6-13(4)7-9-14/h6-10,12H,5,11H2,1-4H3. The van der Waals surface area contributed by atoms with Crippen LogP contribution in [0, 0.1) is 6.92 Å². The topological polar surface area (TPSA) is 44.1 Å². The normalized spacial score (nSPS) is 10.9. The zero-order valence-electron chi connectivity index (χ0n) is 13.1. The average Bonchev–Trinajstić information content (AvgIpc) is 2.85. The molecule has 0 atom stereocenters. The number of carbonyl (C=O) groups excluding carboxylic acids is 1. The molecule has 0 bridgehead atoms. The summed E-state index contributed by atoms with van der Waals surface area (Å²) in [6.45, 7) is 9.03. The second-order valence-corrected chi connectivity index (χ2v) is 5.46. The molecule has 0 N–H and O–H groups in total. The predicted molar refractivity (Wildman–Crippen MR) is 82.6 cm³/mol. The summed E-state index contributed by atoms with van der Waals surface area (Å²) in [5.41, 5.74) is 3.89. The van der Waals surface area contributed by atoms with Gasteiger partial charge in [0.1, 0.15) is 5.56 Å². The van der Waals surface area contributed by atoms with Crippen LogP contribution < -0.4 is 0 Å². The molecule has 0 amide bonds. The number of benzene rings is 1. The Morgan fingerprint density at radius 1 is 1.29 bits per heavy atom. The van der Waals surface area contributed by atoms with Crippen molar-refractivity contribution in [1.29, 1.82) is 0 Å². The molecule has 21 heavy (non-hydrogen) atoms. The maximum absolute atomic E-state index is 12.0. The van der Waals surface area contributed by atoms with Crippen LogP contribution in [-0.2, 0) is 11.3 Å². The van der Waals surface area contributed by atoms with Crippen LogP contribution in [0.3, 0.4) is 0 Å². The highest BCUT2D eigenvalue weighted by atomic mass is 16.5. The second kappa shape index (κ2) is 6.57. The Kier molecular flexibility index (Phi) is 4.78. The lowest BCUT2D eigenvalue weighted by Gasteiger charge is -2.12. The maximum atomic E-state index is 12.0. The monoisotopic (exact) mass is 286 g/mol. The summed E-state index contributed by atoms with van der Waals surface area (Å²) in [5, 5.41) is 4.37. The molecule has 0 aliphatic heterocycles. The number of rotatable bonds is 5. The summed E-state index contributed by atoms with van der Waals surface area (Å²) >= 11 is 0. The van der Waals surface area contributed by atoms with Crippen molar-refractivity contribution in [3.8, 4) is 0 Å². The number of esters is 1. The van der Waals surface area contributed by atoms with Crippen molar-refractivity contribution in [3.05, 3.63) is 52.8 Å². The lowest BCUT2D eigenvalue weighted by atomic mass is 10.1. The Labute approximate surface area is 125 Å². The van der Waals surface area contributed by atoms with Crippen molar-refractivity contribution in [2.24, 2.45) is 0 Å². The van der Waals surface area contributed by atoms with Crippen molar-refractivity contribution >= 4 is 5.97 Å². The quantitative estimate of drug-likeness (QED) is 0.790. The van der Waals surface area contributed by atoms with Gasteiger partial charge in [0, 0.05) is 0 Å². The van der Waals surface area contributed by atoms with Gasteiger partial charge in [0.25, 0.3) is 0 Å². The molecule has 0 aliphatic carbocycles. The first-order valence-corrected chi connectivity index (χ1v) is 7.31. The Hall–Kier alpha value is -2.10. The first kappa shape index (κ1) is 15.3. The minimum atomic E-state index is -0.295. The molecule has 2 rings (SSSR count). The summed E-state index contributed by atoms with van der Waals surface area (Å²) in [6, 6.07) is 8.34. The van der Waals surface area contributed by atoms with E-state index in [1.54, 1.807) is 6.20 Å². The molecular formula is C17H22N2O2. The molecule has 0 unspecified atom stereocenters. The van der Waals surface area contributed by atoms with Crippen LogP contribution in [0.15, 0.2) is 30.5 Å². The van der Waals surface area contributed by atoms with E-state index in [0.717, 1.165) is 5.69 Å². The maximum Gasteiger partial charge on any atom is 0.341 e. The molecule has 0 aliphatic rings. The smallest absolute Gasteiger partial charge is 0.341 e. The number of hydrogen-bond donors (Lipinski definition) is 0. The van der Waals surface area contributed by atoms with Gasteiger partial charge in [-0.1, -0.05) is 43.7 Å². The average molecular weight is 286 g/mol. The van der Waals surface area contributed by atoms with E-state index in [1.807, 2.05) is 11.6 Å². The van der Waals surface area contributed by atoms with Crippen molar-refractivity contribution in [2.75, 3.05) is 6.61 Å². The number of ether oxygens (including phenoxy) is 1. The number of carbonyl (C=O) groups is 1. The molecule has 4 heteroatoms.